The number of hydrogen-bond acceptors (Lipinski definition) is 3. The summed E-state index contributed by atoms with van der Waals surface area (Å²) in [5.74, 6) is 0. The maximum Gasteiger partial charge on any atom is 0.115 e. The predicted octanol–water partition coefficient (Wildman–Crippen LogP) is 5.38. The summed E-state index contributed by atoms with van der Waals surface area (Å²) in [5.41, 5.74) is 5.12. The van der Waals surface area contributed by atoms with Crippen molar-refractivity contribution in [3.05, 3.63) is 89.6 Å². The second-order valence-corrected chi connectivity index (χ2v) is 7.73. The molecule has 0 N–H and O–H groups in total. The van der Waals surface area contributed by atoms with E-state index in [2.05, 4.69) is 84.4 Å². The quantitative estimate of drug-likeness (QED) is 0.627. The van der Waals surface area contributed by atoms with Crippen LogP contribution >= 0.6 is 11.8 Å². The summed E-state index contributed by atoms with van der Waals surface area (Å²) in [6.45, 7) is 5.29. The number of pyridine rings is 1. The third-order valence-electron chi connectivity index (χ3n) is 4.64. The molecule has 1 atom stereocenters. The molecular formula is C21H20N2S. The minimum Gasteiger partial charge on any atom is -0.348 e. The number of fused-ring (bicyclic) bond motifs is 1. The molecule has 1 aromatic heterocycles. The van der Waals surface area contributed by atoms with E-state index in [0.717, 1.165) is 11.6 Å². The minimum atomic E-state index is -0.183. The molecule has 0 saturated heterocycles. The first-order valence-electron chi connectivity index (χ1n) is 8.19. The minimum absolute atomic E-state index is 0.183. The fourth-order valence-electron chi connectivity index (χ4n) is 3.23. The van der Waals surface area contributed by atoms with Gasteiger partial charge in [0.1, 0.15) is 9.90 Å². The van der Waals surface area contributed by atoms with Crippen molar-refractivity contribution in [1.29, 1.82) is 0 Å². The van der Waals surface area contributed by atoms with Crippen LogP contribution in [0.1, 0.15) is 23.6 Å². The molecule has 0 amide bonds. The number of benzene rings is 2. The van der Waals surface area contributed by atoms with Crippen LogP contribution in [0.25, 0.3) is 0 Å². The fourth-order valence-corrected chi connectivity index (χ4v) is 4.51. The number of nitrogens with zero attached hydrogens (tertiary/aromatic N) is 2. The molecule has 0 spiro atoms. The van der Waals surface area contributed by atoms with Crippen molar-refractivity contribution in [2.24, 2.45) is 0 Å². The highest BCUT2D eigenvalue weighted by atomic mass is 32.2. The smallest absolute Gasteiger partial charge is 0.115 e. The van der Waals surface area contributed by atoms with Crippen molar-refractivity contribution in [3.8, 4) is 0 Å². The lowest BCUT2D eigenvalue weighted by Crippen LogP contribution is -2.43. The predicted molar refractivity (Wildman–Crippen MR) is 101 cm³/mol. The average molecular weight is 332 g/mol. The first-order valence-corrected chi connectivity index (χ1v) is 9.01. The maximum atomic E-state index is 4.62. The zero-order valence-electron chi connectivity index (χ0n) is 13.9. The summed E-state index contributed by atoms with van der Waals surface area (Å²) in [6, 6.07) is 23.7. The molecular weight excluding hydrogens is 312 g/mol. The number of hydrogen-bond donors (Lipinski definition) is 0. The Bertz CT molecular complexity index is 845. The topological polar surface area (TPSA) is 16.1 Å². The Morgan fingerprint density at radius 2 is 1.71 bits per heavy atom. The molecule has 120 valence electrons. The number of aromatic nitrogens is 1. The van der Waals surface area contributed by atoms with Gasteiger partial charge in [-0.3, -0.25) is 0 Å². The van der Waals surface area contributed by atoms with Gasteiger partial charge in [-0.15, -0.1) is 0 Å². The van der Waals surface area contributed by atoms with Crippen LogP contribution in [-0.4, -0.2) is 4.98 Å². The highest BCUT2D eigenvalue weighted by Crippen LogP contribution is 2.50. The molecule has 1 unspecified atom stereocenters. The molecule has 4 rings (SSSR count). The Hall–Kier alpha value is -2.26. The van der Waals surface area contributed by atoms with Gasteiger partial charge in [0.05, 0.1) is 0 Å². The molecule has 3 heteroatoms. The summed E-state index contributed by atoms with van der Waals surface area (Å²) in [6.07, 6.45) is 1.89. The van der Waals surface area contributed by atoms with E-state index in [0.29, 0.717) is 0 Å². The third-order valence-corrected chi connectivity index (χ3v) is 6.06. The maximum absolute atomic E-state index is 4.62. The first kappa shape index (κ1) is 15.3. The molecule has 0 radical (unpaired) electrons. The lowest BCUT2D eigenvalue weighted by atomic mass is 10.0. The Morgan fingerprint density at radius 1 is 0.958 bits per heavy atom. The lowest BCUT2D eigenvalue weighted by molar-refractivity contribution is 0.591. The van der Waals surface area contributed by atoms with E-state index in [1.54, 1.807) is 0 Å². The molecule has 3 aromatic rings. The number of aryl methyl sites for hydroxylation is 1. The standard InChI is InChI=1S/C21H20N2S/c1-16-10-12-19(13-11-16)23-15-17-7-6-14-22-20(17)24-21(23,2)18-8-4-3-5-9-18/h3-14H,15H2,1-2H3. The summed E-state index contributed by atoms with van der Waals surface area (Å²) in [4.78, 5) is 6.92. The van der Waals surface area contributed by atoms with Gasteiger partial charge in [0.2, 0.25) is 0 Å². The molecule has 2 nitrogen and oxygen atoms in total. The summed E-state index contributed by atoms with van der Waals surface area (Å²) in [7, 11) is 0. The molecule has 0 bridgehead atoms. The van der Waals surface area contributed by atoms with Crippen LogP contribution in [0.3, 0.4) is 0 Å². The molecule has 1 aliphatic rings. The molecule has 2 heterocycles. The summed E-state index contributed by atoms with van der Waals surface area (Å²) >= 11 is 1.83. The van der Waals surface area contributed by atoms with Gasteiger partial charge in [0, 0.05) is 24.0 Å². The van der Waals surface area contributed by atoms with Crippen molar-refractivity contribution >= 4 is 17.4 Å². The van der Waals surface area contributed by atoms with Crippen LogP contribution in [0.2, 0.25) is 0 Å². The van der Waals surface area contributed by atoms with E-state index in [1.807, 2.05) is 24.0 Å². The molecule has 0 fully saturated rings. The Morgan fingerprint density at radius 3 is 2.46 bits per heavy atom. The van der Waals surface area contributed by atoms with Gasteiger partial charge in [-0.25, -0.2) is 4.98 Å². The number of rotatable bonds is 2. The van der Waals surface area contributed by atoms with Gasteiger partial charge < -0.3 is 4.90 Å². The largest absolute Gasteiger partial charge is 0.348 e. The monoisotopic (exact) mass is 332 g/mol. The van der Waals surface area contributed by atoms with Gasteiger partial charge in [-0.05, 0) is 37.6 Å². The van der Waals surface area contributed by atoms with Crippen LogP contribution in [0, 0.1) is 6.92 Å². The van der Waals surface area contributed by atoms with Gasteiger partial charge >= 0.3 is 0 Å². The van der Waals surface area contributed by atoms with Gasteiger partial charge in [0.15, 0.2) is 0 Å². The van der Waals surface area contributed by atoms with Crippen molar-refractivity contribution < 1.29 is 0 Å². The van der Waals surface area contributed by atoms with Gasteiger partial charge in [0.25, 0.3) is 0 Å². The Balaban J connectivity index is 1.86. The average Bonchev–Trinajstić information content (AvgIpc) is 2.63. The zero-order chi connectivity index (χ0) is 16.6. The van der Waals surface area contributed by atoms with Crippen LogP contribution < -0.4 is 4.90 Å². The third kappa shape index (κ3) is 2.59. The summed E-state index contributed by atoms with van der Waals surface area (Å²) in [5, 5.41) is 1.13. The SMILES string of the molecule is Cc1ccc(N2Cc3cccnc3SC2(C)c2ccccc2)cc1. The molecule has 0 saturated carbocycles. The number of thioether (sulfide) groups is 1. The van der Waals surface area contributed by atoms with Gasteiger partial charge in [-0.1, -0.05) is 65.9 Å². The van der Waals surface area contributed by atoms with Crippen LogP contribution in [0.15, 0.2) is 78.0 Å². The highest BCUT2D eigenvalue weighted by Gasteiger charge is 2.40. The highest BCUT2D eigenvalue weighted by molar-refractivity contribution is 8.00. The van der Waals surface area contributed by atoms with E-state index in [1.165, 1.54) is 22.4 Å². The van der Waals surface area contributed by atoms with E-state index in [9.17, 15) is 0 Å². The van der Waals surface area contributed by atoms with Crippen LogP contribution in [0.4, 0.5) is 5.69 Å². The van der Waals surface area contributed by atoms with Crippen LogP contribution in [-0.2, 0) is 11.4 Å². The second kappa shape index (κ2) is 5.99. The molecule has 1 aliphatic heterocycles. The van der Waals surface area contributed by atoms with E-state index in [-0.39, 0.29) is 4.87 Å². The molecule has 2 aromatic carbocycles. The number of anilines is 1. The van der Waals surface area contributed by atoms with Crippen molar-refractivity contribution in [2.75, 3.05) is 4.90 Å². The summed E-state index contributed by atoms with van der Waals surface area (Å²) < 4.78 is 0. The van der Waals surface area contributed by atoms with E-state index >= 15 is 0 Å². The Labute approximate surface area is 147 Å². The van der Waals surface area contributed by atoms with E-state index < -0.39 is 0 Å². The second-order valence-electron chi connectivity index (χ2n) is 6.34. The van der Waals surface area contributed by atoms with Crippen molar-refractivity contribution in [3.63, 3.8) is 0 Å². The van der Waals surface area contributed by atoms with Crippen LogP contribution in [0.5, 0.6) is 0 Å². The lowest BCUT2D eigenvalue weighted by Gasteiger charge is -2.46. The van der Waals surface area contributed by atoms with E-state index in [4.69, 9.17) is 0 Å². The van der Waals surface area contributed by atoms with Gasteiger partial charge in [-0.2, -0.15) is 0 Å². The zero-order valence-corrected chi connectivity index (χ0v) is 14.8. The Kier molecular flexibility index (Phi) is 3.81. The van der Waals surface area contributed by atoms with Crippen molar-refractivity contribution in [1.82, 2.24) is 4.98 Å². The van der Waals surface area contributed by atoms with Crippen molar-refractivity contribution in [2.45, 2.75) is 30.3 Å². The fraction of sp³-hybridized carbons (Fsp3) is 0.190. The molecule has 0 aliphatic carbocycles. The molecule has 24 heavy (non-hydrogen) atoms. The first-order chi connectivity index (χ1) is 11.7. The normalized spacial score (nSPS) is 19.8.